The molecule has 0 N–H and O–H groups in total. The van der Waals surface area contributed by atoms with Crippen LogP contribution < -0.4 is 0 Å². The van der Waals surface area contributed by atoms with Crippen LogP contribution in [0.4, 0.5) is 0 Å². The Morgan fingerprint density at radius 2 is 0.640 bits per heavy atom. The van der Waals surface area contributed by atoms with E-state index in [-0.39, 0.29) is 0 Å². The molecule has 0 unspecified atom stereocenters. The Bertz CT molecular complexity index is 2630. The Hall–Kier alpha value is -5.94. The van der Waals surface area contributed by atoms with Crippen LogP contribution in [-0.4, -0.2) is 9.97 Å². The van der Waals surface area contributed by atoms with Crippen molar-refractivity contribution in [3.05, 3.63) is 170 Å². The van der Waals surface area contributed by atoms with Crippen LogP contribution in [0.5, 0.6) is 0 Å². The summed E-state index contributed by atoms with van der Waals surface area (Å²) in [5.74, 6) is 0. The largest absolute Gasteiger partial charge is 0.255 e. The zero-order chi connectivity index (χ0) is 33.0. The van der Waals surface area contributed by atoms with Gasteiger partial charge in [0.25, 0.3) is 0 Å². The van der Waals surface area contributed by atoms with Crippen molar-refractivity contribution in [3.8, 4) is 55.6 Å². The predicted molar refractivity (Wildman–Crippen MR) is 215 cm³/mol. The number of hydrogen-bond acceptors (Lipinski definition) is 4. The van der Waals surface area contributed by atoms with Crippen LogP contribution in [0.15, 0.2) is 170 Å². The van der Waals surface area contributed by atoms with E-state index in [4.69, 9.17) is 9.97 Å². The number of thiophene rings is 2. The third-order valence-corrected chi connectivity index (χ3v) is 12.2. The summed E-state index contributed by atoms with van der Waals surface area (Å²) in [6.07, 6.45) is 3.89. The van der Waals surface area contributed by atoms with Gasteiger partial charge in [-0.25, -0.2) is 0 Å². The molecular weight excluding hydrogens is 645 g/mol. The SMILES string of the molecule is c1ccc(-c2cccc3c2sc2c(-c4ccc(-c5ccc(-c6ccnc7c6sc6c(-c8ccccc8)cccc67)cc5)cc4)ccnc23)cc1. The van der Waals surface area contributed by atoms with Crippen LogP contribution in [0.2, 0.25) is 0 Å². The molecular formula is C46H28N2S2. The van der Waals surface area contributed by atoms with E-state index in [2.05, 4.69) is 158 Å². The second-order valence-electron chi connectivity index (χ2n) is 12.5. The molecule has 234 valence electrons. The van der Waals surface area contributed by atoms with Crippen LogP contribution in [0.3, 0.4) is 0 Å². The Morgan fingerprint density at radius 3 is 1.06 bits per heavy atom. The molecule has 0 radical (unpaired) electrons. The van der Waals surface area contributed by atoms with Crippen LogP contribution in [0.25, 0.3) is 96.2 Å². The molecule has 0 aliphatic heterocycles. The highest BCUT2D eigenvalue weighted by Gasteiger charge is 2.17. The fourth-order valence-electron chi connectivity index (χ4n) is 7.19. The van der Waals surface area contributed by atoms with Gasteiger partial charge in [-0.3, -0.25) is 9.97 Å². The van der Waals surface area contributed by atoms with Crippen LogP contribution >= 0.6 is 22.7 Å². The lowest BCUT2D eigenvalue weighted by Crippen LogP contribution is -1.84. The van der Waals surface area contributed by atoms with Crippen molar-refractivity contribution in [1.29, 1.82) is 0 Å². The highest BCUT2D eigenvalue weighted by Crippen LogP contribution is 2.44. The van der Waals surface area contributed by atoms with E-state index in [0.29, 0.717) is 0 Å². The summed E-state index contributed by atoms with van der Waals surface area (Å²) in [6.45, 7) is 0. The molecule has 0 saturated carbocycles. The normalized spacial score (nSPS) is 11.6. The number of aromatic nitrogens is 2. The number of nitrogens with zero attached hydrogens (tertiary/aromatic N) is 2. The van der Waals surface area contributed by atoms with Crippen molar-refractivity contribution >= 4 is 63.3 Å². The fourth-order valence-corrected chi connectivity index (χ4v) is 9.85. The highest BCUT2D eigenvalue weighted by atomic mass is 32.1. The molecule has 0 amide bonds. The lowest BCUT2D eigenvalue weighted by molar-refractivity contribution is 1.43. The highest BCUT2D eigenvalue weighted by molar-refractivity contribution is 7.27. The van der Waals surface area contributed by atoms with E-state index in [9.17, 15) is 0 Å². The molecule has 0 fully saturated rings. The molecule has 10 aromatic rings. The molecule has 0 bridgehead atoms. The maximum Gasteiger partial charge on any atom is 0.0894 e. The van der Waals surface area contributed by atoms with Crippen molar-refractivity contribution < 1.29 is 0 Å². The summed E-state index contributed by atoms with van der Waals surface area (Å²) in [4.78, 5) is 9.69. The monoisotopic (exact) mass is 672 g/mol. The van der Waals surface area contributed by atoms with Gasteiger partial charge >= 0.3 is 0 Å². The Morgan fingerprint density at radius 1 is 0.280 bits per heavy atom. The standard InChI is InChI=1S/C46H28N2S2/c1-3-9-31(10-4-1)35-13-7-15-39-41-45(49-43(35)39)37(25-27-47-41)33-21-17-29(18-22-33)30-19-23-34(24-20-30)38-26-28-48-42-40-16-8-14-36(44(40)50-46(38)42)32-11-5-2-6-12-32/h1-28H. The average molecular weight is 673 g/mol. The maximum absolute atomic E-state index is 4.85. The van der Waals surface area contributed by atoms with Crippen LogP contribution in [0, 0.1) is 0 Å². The second kappa shape index (κ2) is 11.9. The predicted octanol–water partition coefficient (Wildman–Crippen LogP) is 13.5. The van der Waals surface area contributed by atoms with Gasteiger partial charge in [-0.1, -0.05) is 146 Å². The maximum atomic E-state index is 4.85. The van der Waals surface area contributed by atoms with Crippen molar-refractivity contribution in [1.82, 2.24) is 9.97 Å². The van der Waals surface area contributed by atoms with E-state index in [1.165, 1.54) is 85.2 Å². The molecule has 0 saturated heterocycles. The minimum absolute atomic E-state index is 1.07. The first-order chi connectivity index (χ1) is 24.8. The molecule has 0 spiro atoms. The number of rotatable bonds is 5. The van der Waals surface area contributed by atoms with Gasteiger partial charge < -0.3 is 0 Å². The molecule has 0 atom stereocenters. The van der Waals surface area contributed by atoms with E-state index in [0.717, 1.165) is 11.0 Å². The van der Waals surface area contributed by atoms with Gasteiger partial charge in [-0.2, -0.15) is 0 Å². The number of hydrogen-bond donors (Lipinski definition) is 0. The summed E-state index contributed by atoms with van der Waals surface area (Å²) < 4.78 is 5.01. The Balaban J connectivity index is 0.988. The van der Waals surface area contributed by atoms with E-state index < -0.39 is 0 Å². The molecule has 0 aliphatic rings. The Kier molecular flexibility index (Phi) is 6.90. The number of benzene rings is 6. The van der Waals surface area contributed by atoms with E-state index in [1.54, 1.807) is 0 Å². The molecule has 4 heterocycles. The van der Waals surface area contributed by atoms with Crippen LogP contribution in [-0.2, 0) is 0 Å². The second-order valence-corrected chi connectivity index (χ2v) is 14.6. The summed E-state index contributed by atoms with van der Waals surface area (Å²) in [7, 11) is 0. The lowest BCUT2D eigenvalue weighted by Gasteiger charge is -2.08. The number of fused-ring (bicyclic) bond motifs is 6. The molecule has 50 heavy (non-hydrogen) atoms. The van der Waals surface area contributed by atoms with Crippen LogP contribution in [0.1, 0.15) is 0 Å². The summed E-state index contributed by atoms with van der Waals surface area (Å²) in [5, 5.41) is 2.42. The van der Waals surface area contributed by atoms with Crippen molar-refractivity contribution in [2.75, 3.05) is 0 Å². The first kappa shape index (κ1) is 29.0. The fraction of sp³-hybridized carbons (Fsp3) is 0. The molecule has 10 rings (SSSR count). The van der Waals surface area contributed by atoms with E-state index in [1.807, 2.05) is 35.1 Å². The minimum Gasteiger partial charge on any atom is -0.255 e. The zero-order valence-corrected chi connectivity index (χ0v) is 28.5. The first-order valence-electron chi connectivity index (χ1n) is 16.7. The van der Waals surface area contributed by atoms with Gasteiger partial charge in [-0.15, -0.1) is 22.7 Å². The van der Waals surface area contributed by atoms with Gasteiger partial charge in [0.1, 0.15) is 0 Å². The first-order valence-corrected chi connectivity index (χ1v) is 18.4. The molecule has 0 aliphatic carbocycles. The van der Waals surface area contributed by atoms with Gasteiger partial charge in [0.2, 0.25) is 0 Å². The third-order valence-electron chi connectivity index (χ3n) is 9.65. The summed E-state index contributed by atoms with van der Waals surface area (Å²) in [6, 6.07) is 56.6. The minimum atomic E-state index is 1.07. The van der Waals surface area contributed by atoms with Gasteiger partial charge in [0.05, 0.1) is 20.4 Å². The van der Waals surface area contributed by atoms with Gasteiger partial charge in [-0.05, 0) is 56.6 Å². The summed E-state index contributed by atoms with van der Waals surface area (Å²) >= 11 is 3.68. The van der Waals surface area contributed by atoms with Crippen molar-refractivity contribution in [2.24, 2.45) is 0 Å². The molecule has 4 aromatic heterocycles. The van der Waals surface area contributed by atoms with Crippen molar-refractivity contribution in [3.63, 3.8) is 0 Å². The smallest absolute Gasteiger partial charge is 0.0894 e. The van der Waals surface area contributed by atoms with Crippen molar-refractivity contribution in [2.45, 2.75) is 0 Å². The van der Waals surface area contributed by atoms with E-state index >= 15 is 0 Å². The molecule has 2 nitrogen and oxygen atoms in total. The topological polar surface area (TPSA) is 25.8 Å². The average Bonchev–Trinajstić information content (AvgIpc) is 3.78. The van der Waals surface area contributed by atoms with Gasteiger partial charge in [0, 0.05) is 43.7 Å². The lowest BCUT2D eigenvalue weighted by atomic mass is 9.98. The van der Waals surface area contributed by atoms with Gasteiger partial charge in [0.15, 0.2) is 0 Å². The molecule has 4 heteroatoms. The Labute approximate surface area is 297 Å². The quantitative estimate of drug-likeness (QED) is 0.182. The third kappa shape index (κ3) is 4.76. The summed E-state index contributed by atoms with van der Waals surface area (Å²) in [5.41, 5.74) is 14.3. The number of pyridine rings is 2. The molecule has 6 aromatic carbocycles. The zero-order valence-electron chi connectivity index (χ0n) is 26.9.